The molecule has 1 aromatic carbocycles. The van der Waals surface area contributed by atoms with E-state index < -0.39 is 0 Å². The van der Waals surface area contributed by atoms with Crippen LogP contribution in [0.25, 0.3) is 11.3 Å². The Morgan fingerprint density at radius 3 is 2.53 bits per heavy atom. The molecule has 0 fully saturated rings. The molecule has 1 aromatic heterocycles. The first-order valence-electron chi connectivity index (χ1n) is 7.16. The average molecular weight is 258 g/mol. The van der Waals surface area contributed by atoms with Crippen molar-refractivity contribution in [3.05, 3.63) is 42.0 Å². The summed E-state index contributed by atoms with van der Waals surface area (Å²) >= 11 is 0. The lowest BCUT2D eigenvalue weighted by molar-refractivity contribution is 0.257. The summed E-state index contributed by atoms with van der Waals surface area (Å²) < 4.78 is 11.5. The molecule has 0 amide bonds. The van der Waals surface area contributed by atoms with Crippen LogP contribution in [0.4, 0.5) is 0 Å². The van der Waals surface area contributed by atoms with E-state index in [4.69, 9.17) is 9.15 Å². The SMILES string of the molecule is CCCCCc1cc(-c2ccccc2)oc1OCC. The Balaban J connectivity index is 2.19. The lowest BCUT2D eigenvalue weighted by atomic mass is 10.1. The van der Waals surface area contributed by atoms with Crippen LogP contribution in [0.1, 0.15) is 38.7 Å². The summed E-state index contributed by atoms with van der Waals surface area (Å²) in [5.74, 6) is 1.59. The van der Waals surface area contributed by atoms with Gasteiger partial charge in [0, 0.05) is 11.1 Å². The van der Waals surface area contributed by atoms with Crippen LogP contribution in [0.5, 0.6) is 5.95 Å². The molecule has 2 aromatic rings. The highest BCUT2D eigenvalue weighted by Gasteiger charge is 2.13. The molecule has 102 valence electrons. The Labute approximate surface area is 115 Å². The van der Waals surface area contributed by atoms with Crippen molar-refractivity contribution in [3.8, 4) is 17.3 Å². The molecule has 0 aliphatic rings. The van der Waals surface area contributed by atoms with E-state index >= 15 is 0 Å². The van der Waals surface area contributed by atoms with Crippen molar-refractivity contribution in [2.75, 3.05) is 6.61 Å². The van der Waals surface area contributed by atoms with E-state index in [9.17, 15) is 0 Å². The van der Waals surface area contributed by atoms with Gasteiger partial charge >= 0.3 is 0 Å². The molecular formula is C17H22O2. The molecular weight excluding hydrogens is 236 g/mol. The number of furan rings is 1. The van der Waals surface area contributed by atoms with E-state index in [2.05, 4.69) is 25.1 Å². The van der Waals surface area contributed by atoms with E-state index in [1.807, 2.05) is 25.1 Å². The van der Waals surface area contributed by atoms with Gasteiger partial charge in [-0.1, -0.05) is 50.1 Å². The minimum absolute atomic E-state index is 0.641. The van der Waals surface area contributed by atoms with E-state index in [-0.39, 0.29) is 0 Å². The van der Waals surface area contributed by atoms with E-state index in [0.717, 1.165) is 17.7 Å². The zero-order chi connectivity index (χ0) is 13.5. The Morgan fingerprint density at radius 2 is 1.84 bits per heavy atom. The Kier molecular flexibility index (Phi) is 5.08. The van der Waals surface area contributed by atoms with Crippen LogP contribution in [0, 0.1) is 0 Å². The maximum Gasteiger partial charge on any atom is 0.288 e. The highest BCUT2D eigenvalue weighted by Crippen LogP contribution is 2.32. The lowest BCUT2D eigenvalue weighted by Crippen LogP contribution is -1.93. The molecule has 19 heavy (non-hydrogen) atoms. The summed E-state index contributed by atoms with van der Waals surface area (Å²) in [4.78, 5) is 0. The van der Waals surface area contributed by atoms with Crippen molar-refractivity contribution in [2.45, 2.75) is 39.5 Å². The van der Waals surface area contributed by atoms with E-state index in [0.29, 0.717) is 12.6 Å². The zero-order valence-electron chi connectivity index (χ0n) is 11.8. The Bertz CT molecular complexity index is 485. The highest BCUT2D eigenvalue weighted by atomic mass is 16.6. The van der Waals surface area contributed by atoms with Crippen molar-refractivity contribution in [1.29, 1.82) is 0 Å². The predicted octanol–water partition coefficient (Wildman–Crippen LogP) is 5.08. The second kappa shape index (κ2) is 7.03. The second-order valence-electron chi connectivity index (χ2n) is 4.68. The fourth-order valence-corrected chi connectivity index (χ4v) is 2.15. The van der Waals surface area contributed by atoms with Crippen LogP contribution in [-0.4, -0.2) is 6.61 Å². The molecule has 0 N–H and O–H groups in total. The van der Waals surface area contributed by atoms with Gasteiger partial charge in [-0.05, 0) is 25.8 Å². The minimum atomic E-state index is 0.641. The number of ether oxygens (including phenoxy) is 1. The van der Waals surface area contributed by atoms with Crippen molar-refractivity contribution >= 4 is 0 Å². The summed E-state index contributed by atoms with van der Waals surface area (Å²) in [7, 11) is 0. The van der Waals surface area contributed by atoms with Crippen molar-refractivity contribution in [3.63, 3.8) is 0 Å². The third-order valence-corrected chi connectivity index (χ3v) is 3.15. The van der Waals surface area contributed by atoms with E-state index in [1.165, 1.54) is 24.8 Å². The molecule has 0 aliphatic heterocycles. The fraction of sp³-hybridized carbons (Fsp3) is 0.412. The van der Waals surface area contributed by atoms with Crippen molar-refractivity contribution in [1.82, 2.24) is 0 Å². The third-order valence-electron chi connectivity index (χ3n) is 3.15. The van der Waals surface area contributed by atoms with Crippen LogP contribution in [0.15, 0.2) is 40.8 Å². The molecule has 0 spiro atoms. The van der Waals surface area contributed by atoms with Gasteiger partial charge in [-0.3, -0.25) is 0 Å². The summed E-state index contributed by atoms with van der Waals surface area (Å²) in [6, 6.07) is 12.3. The standard InChI is InChI=1S/C17H22O2/c1-3-5-7-12-15-13-16(19-17(15)18-4-2)14-10-8-6-9-11-14/h6,8-11,13H,3-5,7,12H2,1-2H3. The van der Waals surface area contributed by atoms with Gasteiger partial charge in [0.2, 0.25) is 0 Å². The van der Waals surface area contributed by atoms with Crippen LogP contribution < -0.4 is 4.74 Å². The first-order valence-corrected chi connectivity index (χ1v) is 7.16. The first kappa shape index (κ1) is 13.7. The van der Waals surface area contributed by atoms with Gasteiger partial charge in [-0.2, -0.15) is 0 Å². The molecule has 2 nitrogen and oxygen atoms in total. The highest BCUT2D eigenvalue weighted by molar-refractivity contribution is 5.59. The molecule has 1 heterocycles. The van der Waals surface area contributed by atoms with Gasteiger partial charge in [0.15, 0.2) is 0 Å². The number of benzene rings is 1. The molecule has 0 atom stereocenters. The summed E-state index contributed by atoms with van der Waals surface area (Å²) in [6.07, 6.45) is 4.69. The van der Waals surface area contributed by atoms with Gasteiger partial charge in [-0.15, -0.1) is 0 Å². The maximum atomic E-state index is 5.85. The normalized spacial score (nSPS) is 10.6. The van der Waals surface area contributed by atoms with Gasteiger partial charge in [-0.25, -0.2) is 0 Å². The van der Waals surface area contributed by atoms with Gasteiger partial charge in [0.05, 0.1) is 6.61 Å². The second-order valence-corrected chi connectivity index (χ2v) is 4.68. The number of hydrogen-bond acceptors (Lipinski definition) is 2. The molecule has 0 aliphatic carbocycles. The molecule has 0 bridgehead atoms. The molecule has 2 rings (SSSR count). The quantitative estimate of drug-likeness (QED) is 0.646. The zero-order valence-corrected chi connectivity index (χ0v) is 11.8. The van der Waals surface area contributed by atoms with Crippen LogP contribution in [-0.2, 0) is 6.42 Å². The van der Waals surface area contributed by atoms with Crippen LogP contribution in [0.3, 0.4) is 0 Å². The summed E-state index contributed by atoms with van der Waals surface area (Å²) in [5, 5.41) is 0. The molecule has 0 radical (unpaired) electrons. The molecule has 0 saturated carbocycles. The van der Waals surface area contributed by atoms with Crippen molar-refractivity contribution in [2.24, 2.45) is 0 Å². The Morgan fingerprint density at radius 1 is 1.05 bits per heavy atom. The van der Waals surface area contributed by atoms with Crippen molar-refractivity contribution < 1.29 is 9.15 Å². The number of rotatable bonds is 7. The average Bonchev–Trinajstić information content (AvgIpc) is 2.84. The topological polar surface area (TPSA) is 22.4 Å². The summed E-state index contributed by atoms with van der Waals surface area (Å²) in [6.45, 7) is 4.84. The predicted molar refractivity (Wildman–Crippen MR) is 78.5 cm³/mol. The first-order chi connectivity index (χ1) is 9.35. The number of unbranched alkanes of at least 4 members (excludes halogenated alkanes) is 2. The largest absolute Gasteiger partial charge is 0.465 e. The molecule has 0 saturated heterocycles. The minimum Gasteiger partial charge on any atom is -0.465 e. The van der Waals surface area contributed by atoms with Gasteiger partial charge in [0.1, 0.15) is 5.76 Å². The Hall–Kier alpha value is -1.70. The van der Waals surface area contributed by atoms with Gasteiger partial charge in [0.25, 0.3) is 5.95 Å². The monoisotopic (exact) mass is 258 g/mol. The van der Waals surface area contributed by atoms with Crippen LogP contribution >= 0.6 is 0 Å². The molecule has 2 heteroatoms. The lowest BCUT2D eigenvalue weighted by Gasteiger charge is -2.02. The summed E-state index contributed by atoms with van der Waals surface area (Å²) in [5.41, 5.74) is 2.29. The maximum absolute atomic E-state index is 5.85. The number of hydrogen-bond donors (Lipinski definition) is 0. The van der Waals surface area contributed by atoms with Crippen LogP contribution in [0.2, 0.25) is 0 Å². The third kappa shape index (κ3) is 3.63. The molecule has 0 unspecified atom stereocenters. The van der Waals surface area contributed by atoms with Gasteiger partial charge < -0.3 is 9.15 Å². The smallest absolute Gasteiger partial charge is 0.288 e. The fourth-order valence-electron chi connectivity index (χ4n) is 2.15. The van der Waals surface area contributed by atoms with E-state index in [1.54, 1.807) is 0 Å². The number of aryl methyl sites for hydroxylation is 1.